The van der Waals surface area contributed by atoms with Crippen molar-refractivity contribution in [3.05, 3.63) is 71.7 Å². The highest BCUT2D eigenvalue weighted by molar-refractivity contribution is 5.83. The number of hydrogen-bond donors (Lipinski definition) is 0. The fourth-order valence-corrected chi connectivity index (χ4v) is 5.58. The molecule has 0 unspecified atom stereocenters. The lowest BCUT2D eigenvalue weighted by Crippen LogP contribution is -2.52. The van der Waals surface area contributed by atoms with Crippen molar-refractivity contribution in [1.82, 2.24) is 9.80 Å². The van der Waals surface area contributed by atoms with Gasteiger partial charge in [0.1, 0.15) is 11.4 Å². The Labute approximate surface area is 200 Å². The van der Waals surface area contributed by atoms with Gasteiger partial charge in [0.15, 0.2) is 0 Å². The SMILES string of the molecule is CN1CCC(Cc2ccc(F)cc2)(C(=O)N2CCOC[C@H](Cc3cccc4occc34)C2)CC1. The summed E-state index contributed by atoms with van der Waals surface area (Å²) in [5, 5.41) is 1.13. The molecule has 0 aliphatic carbocycles. The molecule has 2 fully saturated rings. The van der Waals surface area contributed by atoms with E-state index < -0.39 is 5.41 Å². The third-order valence-corrected chi connectivity index (χ3v) is 7.57. The molecule has 34 heavy (non-hydrogen) atoms. The molecule has 180 valence electrons. The molecule has 5 nitrogen and oxygen atoms in total. The van der Waals surface area contributed by atoms with Crippen molar-refractivity contribution in [3.8, 4) is 0 Å². The van der Waals surface area contributed by atoms with Gasteiger partial charge in [0.25, 0.3) is 0 Å². The Morgan fingerprint density at radius 2 is 1.88 bits per heavy atom. The number of fused-ring (bicyclic) bond motifs is 1. The second kappa shape index (κ2) is 9.88. The normalized spacial score (nSPS) is 21.5. The average Bonchev–Trinajstić information content (AvgIpc) is 3.22. The van der Waals surface area contributed by atoms with Crippen LogP contribution in [0, 0.1) is 17.2 Å². The van der Waals surface area contributed by atoms with Crippen LogP contribution in [0.4, 0.5) is 4.39 Å². The quantitative estimate of drug-likeness (QED) is 0.556. The second-order valence-corrected chi connectivity index (χ2v) is 10.0. The summed E-state index contributed by atoms with van der Waals surface area (Å²) in [6.45, 7) is 4.29. The van der Waals surface area contributed by atoms with Crippen molar-refractivity contribution in [3.63, 3.8) is 0 Å². The number of ether oxygens (including phenoxy) is 1. The zero-order chi connectivity index (χ0) is 23.5. The van der Waals surface area contributed by atoms with E-state index >= 15 is 0 Å². The summed E-state index contributed by atoms with van der Waals surface area (Å²) in [5.74, 6) is 0.204. The molecule has 0 saturated carbocycles. The summed E-state index contributed by atoms with van der Waals surface area (Å²) in [6.07, 6.45) is 4.85. The monoisotopic (exact) mass is 464 g/mol. The van der Waals surface area contributed by atoms with Crippen molar-refractivity contribution in [2.24, 2.45) is 11.3 Å². The van der Waals surface area contributed by atoms with Gasteiger partial charge < -0.3 is 19.0 Å². The van der Waals surface area contributed by atoms with Gasteiger partial charge in [-0.15, -0.1) is 0 Å². The maximum absolute atomic E-state index is 14.1. The zero-order valence-electron chi connectivity index (χ0n) is 19.8. The Morgan fingerprint density at radius 3 is 2.68 bits per heavy atom. The number of likely N-dealkylation sites (tertiary alicyclic amines) is 1. The highest BCUT2D eigenvalue weighted by atomic mass is 19.1. The number of carbonyl (C=O) groups is 1. The van der Waals surface area contributed by atoms with Crippen LogP contribution in [0.2, 0.25) is 0 Å². The van der Waals surface area contributed by atoms with Gasteiger partial charge in [0, 0.05) is 24.4 Å². The molecule has 2 aromatic carbocycles. The van der Waals surface area contributed by atoms with Gasteiger partial charge in [-0.05, 0) is 81.2 Å². The van der Waals surface area contributed by atoms with Crippen molar-refractivity contribution in [2.75, 3.05) is 46.4 Å². The van der Waals surface area contributed by atoms with Crippen molar-refractivity contribution in [2.45, 2.75) is 25.7 Å². The molecular weight excluding hydrogens is 431 g/mol. The summed E-state index contributed by atoms with van der Waals surface area (Å²) < 4.78 is 25.0. The van der Waals surface area contributed by atoms with E-state index in [1.165, 1.54) is 17.7 Å². The number of halogens is 1. The Balaban J connectivity index is 1.36. The van der Waals surface area contributed by atoms with Gasteiger partial charge in [-0.25, -0.2) is 4.39 Å². The molecule has 1 atom stereocenters. The van der Waals surface area contributed by atoms with Crippen LogP contribution in [0.25, 0.3) is 11.0 Å². The molecule has 2 saturated heterocycles. The largest absolute Gasteiger partial charge is 0.464 e. The molecule has 1 aromatic heterocycles. The van der Waals surface area contributed by atoms with Gasteiger partial charge >= 0.3 is 0 Å². The number of hydrogen-bond acceptors (Lipinski definition) is 4. The van der Waals surface area contributed by atoms with Gasteiger partial charge in [-0.3, -0.25) is 4.79 Å². The zero-order valence-corrected chi connectivity index (χ0v) is 19.8. The fourth-order valence-electron chi connectivity index (χ4n) is 5.58. The summed E-state index contributed by atoms with van der Waals surface area (Å²) in [5.41, 5.74) is 2.69. The standard InChI is InChI=1S/C28H33FN2O3/c1-30-12-10-28(11-13-30,18-21-5-7-24(29)8-6-21)27(32)31-14-16-33-20-22(19-31)17-23-3-2-4-26-25(23)9-15-34-26/h2-9,15,22H,10-14,16-20H2,1H3/t22-/m1/s1. The molecular formula is C28H33FN2O3. The van der Waals surface area contributed by atoms with Crippen LogP contribution < -0.4 is 0 Å². The van der Waals surface area contributed by atoms with Gasteiger partial charge in [-0.1, -0.05) is 24.3 Å². The lowest BCUT2D eigenvalue weighted by Gasteiger charge is -2.42. The van der Waals surface area contributed by atoms with E-state index in [4.69, 9.17) is 9.15 Å². The molecule has 2 aliphatic rings. The first kappa shape index (κ1) is 23.1. The van der Waals surface area contributed by atoms with Gasteiger partial charge in [0.2, 0.25) is 5.91 Å². The number of amides is 1. The minimum absolute atomic E-state index is 0.223. The van der Waals surface area contributed by atoms with E-state index in [9.17, 15) is 9.18 Å². The first-order valence-electron chi connectivity index (χ1n) is 12.3. The van der Waals surface area contributed by atoms with Crippen LogP contribution >= 0.6 is 0 Å². The number of carbonyl (C=O) groups excluding carboxylic acids is 1. The minimum Gasteiger partial charge on any atom is -0.464 e. The van der Waals surface area contributed by atoms with Gasteiger partial charge in [-0.2, -0.15) is 0 Å². The van der Waals surface area contributed by atoms with E-state index in [1.54, 1.807) is 6.26 Å². The van der Waals surface area contributed by atoms with Crippen LogP contribution in [0.3, 0.4) is 0 Å². The van der Waals surface area contributed by atoms with Crippen LogP contribution in [-0.4, -0.2) is 62.1 Å². The molecule has 0 spiro atoms. The summed E-state index contributed by atoms with van der Waals surface area (Å²) in [6, 6.07) is 14.8. The number of rotatable bonds is 5. The van der Waals surface area contributed by atoms with Gasteiger partial charge in [0.05, 0.1) is 24.9 Å². The maximum Gasteiger partial charge on any atom is 0.229 e. The van der Waals surface area contributed by atoms with E-state index in [-0.39, 0.29) is 17.6 Å². The first-order chi connectivity index (χ1) is 16.5. The molecule has 3 aromatic rings. The third-order valence-electron chi connectivity index (χ3n) is 7.57. The summed E-state index contributed by atoms with van der Waals surface area (Å²) >= 11 is 0. The topological polar surface area (TPSA) is 45.9 Å². The molecule has 3 heterocycles. The highest BCUT2D eigenvalue weighted by Gasteiger charge is 2.43. The Kier molecular flexibility index (Phi) is 6.70. The Hall–Kier alpha value is -2.70. The minimum atomic E-state index is -0.455. The Bertz CT molecular complexity index is 1120. The number of piperidine rings is 1. The van der Waals surface area contributed by atoms with E-state index in [0.717, 1.165) is 48.9 Å². The average molecular weight is 465 g/mol. The van der Waals surface area contributed by atoms with Crippen LogP contribution in [0.15, 0.2) is 59.2 Å². The third kappa shape index (κ3) is 4.89. The summed E-state index contributed by atoms with van der Waals surface area (Å²) in [4.78, 5) is 18.5. The van der Waals surface area contributed by atoms with E-state index in [1.807, 2.05) is 35.2 Å². The van der Waals surface area contributed by atoms with Crippen molar-refractivity contribution < 1.29 is 18.3 Å². The van der Waals surface area contributed by atoms with Crippen LogP contribution in [0.1, 0.15) is 24.0 Å². The van der Waals surface area contributed by atoms with E-state index in [2.05, 4.69) is 18.0 Å². The predicted molar refractivity (Wildman–Crippen MR) is 130 cm³/mol. The van der Waals surface area contributed by atoms with Crippen molar-refractivity contribution in [1.29, 1.82) is 0 Å². The molecule has 2 aliphatic heterocycles. The molecule has 6 heteroatoms. The first-order valence-corrected chi connectivity index (χ1v) is 12.3. The smallest absolute Gasteiger partial charge is 0.229 e. The van der Waals surface area contributed by atoms with E-state index in [0.29, 0.717) is 32.7 Å². The lowest BCUT2D eigenvalue weighted by atomic mass is 9.72. The predicted octanol–water partition coefficient (Wildman–Crippen LogP) is 4.54. The summed E-state index contributed by atoms with van der Waals surface area (Å²) in [7, 11) is 2.11. The fraction of sp³-hybridized carbons (Fsp3) is 0.464. The van der Waals surface area contributed by atoms with Crippen LogP contribution in [-0.2, 0) is 22.4 Å². The van der Waals surface area contributed by atoms with Crippen LogP contribution in [0.5, 0.6) is 0 Å². The highest BCUT2D eigenvalue weighted by Crippen LogP contribution is 2.38. The number of furan rings is 1. The lowest BCUT2D eigenvalue weighted by molar-refractivity contribution is -0.145. The molecule has 0 bridgehead atoms. The molecule has 0 N–H and O–H groups in total. The molecule has 5 rings (SSSR count). The molecule has 1 amide bonds. The maximum atomic E-state index is 14.1. The second-order valence-electron chi connectivity index (χ2n) is 10.0. The number of benzene rings is 2. The molecule has 0 radical (unpaired) electrons. The Morgan fingerprint density at radius 1 is 1.09 bits per heavy atom. The number of nitrogens with zero attached hydrogens (tertiary/aromatic N) is 2. The van der Waals surface area contributed by atoms with Crippen molar-refractivity contribution >= 4 is 16.9 Å².